The third kappa shape index (κ3) is 1.98. The van der Waals surface area contributed by atoms with Crippen LogP contribution in [0.4, 0.5) is 4.39 Å². The van der Waals surface area contributed by atoms with Gasteiger partial charge < -0.3 is 9.84 Å². The summed E-state index contributed by atoms with van der Waals surface area (Å²) < 4.78 is 18.4. The summed E-state index contributed by atoms with van der Waals surface area (Å²) in [7, 11) is 1.26. The Balaban J connectivity index is 2.76. The lowest BCUT2D eigenvalue weighted by atomic mass is 10.1. The summed E-state index contributed by atoms with van der Waals surface area (Å²) in [5.74, 6) is -1.76. The molecule has 17 heavy (non-hydrogen) atoms. The summed E-state index contributed by atoms with van der Waals surface area (Å²) in [4.78, 5) is 11.3. The van der Waals surface area contributed by atoms with Gasteiger partial charge in [-0.05, 0) is 23.6 Å². The van der Waals surface area contributed by atoms with Crippen LogP contribution in [-0.4, -0.2) is 18.2 Å². The highest BCUT2D eigenvalue weighted by molar-refractivity contribution is 9.10. The van der Waals surface area contributed by atoms with E-state index >= 15 is 0 Å². The zero-order valence-corrected chi connectivity index (χ0v) is 10.4. The van der Waals surface area contributed by atoms with Crippen molar-refractivity contribution in [3.05, 3.63) is 40.1 Å². The fraction of sp³-hybridized carbons (Fsp3) is 0.0833. The summed E-state index contributed by atoms with van der Waals surface area (Å²) in [5, 5.41) is 10.5. The molecule has 0 bridgehead atoms. The Morgan fingerprint density at radius 1 is 1.35 bits per heavy atom. The lowest BCUT2D eigenvalue weighted by Gasteiger charge is -2.06. The number of fused-ring (bicyclic) bond motifs is 1. The number of phenolic OH excluding ortho intramolecular Hbond substituents is 1. The molecule has 0 aliphatic carbocycles. The Morgan fingerprint density at radius 2 is 2.06 bits per heavy atom. The average Bonchev–Trinajstić information content (AvgIpc) is 2.34. The topological polar surface area (TPSA) is 46.5 Å². The van der Waals surface area contributed by atoms with Gasteiger partial charge in [0, 0.05) is 9.86 Å². The van der Waals surface area contributed by atoms with Gasteiger partial charge in [0.2, 0.25) is 0 Å². The molecule has 2 aromatic rings. The lowest BCUT2D eigenvalue weighted by molar-refractivity contribution is 0.0601. The van der Waals surface area contributed by atoms with E-state index in [0.717, 1.165) is 0 Å². The standard InChI is InChI=1S/C12H8BrFO3/c1-17-12(16)6-2-3-7-8(4-6)11(15)10(14)5-9(7)13/h2-5,15H,1H3. The highest BCUT2D eigenvalue weighted by Crippen LogP contribution is 2.34. The number of hydrogen-bond acceptors (Lipinski definition) is 3. The summed E-state index contributed by atoms with van der Waals surface area (Å²) in [6.45, 7) is 0. The van der Waals surface area contributed by atoms with Crippen molar-refractivity contribution in [2.45, 2.75) is 0 Å². The first-order valence-electron chi connectivity index (χ1n) is 4.73. The Kier molecular flexibility index (Phi) is 3.02. The molecule has 0 aromatic heterocycles. The van der Waals surface area contributed by atoms with Crippen LogP contribution >= 0.6 is 15.9 Å². The molecule has 0 heterocycles. The molecule has 0 atom stereocenters. The number of methoxy groups -OCH3 is 1. The number of benzene rings is 2. The molecular formula is C12H8BrFO3. The van der Waals surface area contributed by atoms with Gasteiger partial charge in [-0.2, -0.15) is 0 Å². The SMILES string of the molecule is COC(=O)c1ccc2c(Br)cc(F)c(O)c2c1. The minimum Gasteiger partial charge on any atom is -0.504 e. The Hall–Kier alpha value is -1.62. The number of ether oxygens (including phenoxy) is 1. The van der Waals surface area contributed by atoms with E-state index in [0.29, 0.717) is 9.86 Å². The first kappa shape index (κ1) is 11.9. The van der Waals surface area contributed by atoms with Gasteiger partial charge >= 0.3 is 5.97 Å². The molecular weight excluding hydrogens is 291 g/mol. The molecule has 0 saturated carbocycles. The van der Waals surface area contributed by atoms with E-state index in [9.17, 15) is 14.3 Å². The molecule has 2 rings (SSSR count). The van der Waals surface area contributed by atoms with E-state index < -0.39 is 17.5 Å². The van der Waals surface area contributed by atoms with E-state index in [2.05, 4.69) is 20.7 Å². The van der Waals surface area contributed by atoms with E-state index in [1.807, 2.05) is 0 Å². The van der Waals surface area contributed by atoms with Crippen LogP contribution in [-0.2, 0) is 4.74 Å². The van der Waals surface area contributed by atoms with Crippen molar-refractivity contribution < 1.29 is 19.0 Å². The van der Waals surface area contributed by atoms with Crippen LogP contribution < -0.4 is 0 Å². The number of phenols is 1. The van der Waals surface area contributed by atoms with Crippen molar-refractivity contribution in [3.63, 3.8) is 0 Å². The molecule has 0 aliphatic rings. The third-order valence-corrected chi connectivity index (χ3v) is 3.09. The number of halogens is 2. The zero-order valence-electron chi connectivity index (χ0n) is 8.83. The second-order valence-electron chi connectivity index (χ2n) is 3.44. The van der Waals surface area contributed by atoms with Crippen LogP contribution in [0.1, 0.15) is 10.4 Å². The normalized spacial score (nSPS) is 10.5. The molecule has 0 fully saturated rings. The van der Waals surface area contributed by atoms with E-state index in [4.69, 9.17) is 0 Å². The van der Waals surface area contributed by atoms with Gasteiger partial charge in [0.25, 0.3) is 0 Å². The first-order chi connectivity index (χ1) is 8.04. The van der Waals surface area contributed by atoms with Crippen molar-refractivity contribution in [1.82, 2.24) is 0 Å². The molecule has 0 aliphatic heterocycles. The molecule has 2 aromatic carbocycles. The third-order valence-electron chi connectivity index (χ3n) is 2.43. The van der Waals surface area contributed by atoms with Crippen LogP contribution in [0.25, 0.3) is 10.8 Å². The molecule has 88 valence electrons. The average molecular weight is 299 g/mol. The van der Waals surface area contributed by atoms with Gasteiger partial charge in [-0.15, -0.1) is 0 Å². The quantitative estimate of drug-likeness (QED) is 0.822. The van der Waals surface area contributed by atoms with Gasteiger partial charge in [-0.25, -0.2) is 9.18 Å². The van der Waals surface area contributed by atoms with Crippen LogP contribution in [0.2, 0.25) is 0 Å². The summed E-state index contributed by atoms with van der Waals surface area (Å²) >= 11 is 3.19. The molecule has 0 radical (unpaired) electrons. The van der Waals surface area contributed by atoms with E-state index in [1.165, 1.54) is 19.2 Å². The van der Waals surface area contributed by atoms with Crippen molar-refractivity contribution >= 4 is 32.7 Å². The first-order valence-corrected chi connectivity index (χ1v) is 5.53. The number of carbonyl (C=O) groups excluding carboxylic acids is 1. The van der Waals surface area contributed by atoms with Crippen molar-refractivity contribution in [1.29, 1.82) is 0 Å². The Labute approximate surface area is 105 Å². The zero-order chi connectivity index (χ0) is 12.6. The van der Waals surface area contributed by atoms with E-state index in [-0.39, 0.29) is 10.9 Å². The Bertz CT molecular complexity index is 610. The molecule has 5 heteroatoms. The van der Waals surface area contributed by atoms with Crippen LogP contribution in [0.5, 0.6) is 5.75 Å². The number of aromatic hydroxyl groups is 1. The van der Waals surface area contributed by atoms with Crippen molar-refractivity contribution in [3.8, 4) is 5.75 Å². The fourth-order valence-electron chi connectivity index (χ4n) is 1.58. The molecule has 0 saturated heterocycles. The maximum absolute atomic E-state index is 13.3. The molecule has 0 unspecified atom stereocenters. The number of rotatable bonds is 1. The lowest BCUT2D eigenvalue weighted by Crippen LogP contribution is -2.00. The summed E-state index contributed by atoms with van der Waals surface area (Å²) in [6.07, 6.45) is 0. The largest absolute Gasteiger partial charge is 0.504 e. The summed E-state index contributed by atoms with van der Waals surface area (Å²) in [5.41, 5.74) is 0.257. The monoisotopic (exact) mass is 298 g/mol. The van der Waals surface area contributed by atoms with E-state index in [1.54, 1.807) is 12.1 Å². The number of carbonyl (C=O) groups is 1. The molecule has 1 N–H and O–H groups in total. The van der Waals surface area contributed by atoms with Crippen LogP contribution in [0.3, 0.4) is 0 Å². The van der Waals surface area contributed by atoms with Crippen molar-refractivity contribution in [2.24, 2.45) is 0 Å². The van der Waals surface area contributed by atoms with Gasteiger partial charge in [-0.3, -0.25) is 0 Å². The minimum absolute atomic E-state index is 0.257. The number of hydrogen-bond donors (Lipinski definition) is 1. The van der Waals surface area contributed by atoms with Gasteiger partial charge in [0.15, 0.2) is 11.6 Å². The van der Waals surface area contributed by atoms with Gasteiger partial charge in [0.05, 0.1) is 12.7 Å². The van der Waals surface area contributed by atoms with Gasteiger partial charge in [0.1, 0.15) is 0 Å². The van der Waals surface area contributed by atoms with Gasteiger partial charge in [-0.1, -0.05) is 22.0 Å². The predicted octanol–water partition coefficient (Wildman–Crippen LogP) is 3.23. The number of esters is 1. The van der Waals surface area contributed by atoms with Crippen molar-refractivity contribution in [2.75, 3.05) is 7.11 Å². The highest BCUT2D eigenvalue weighted by Gasteiger charge is 2.13. The Morgan fingerprint density at radius 3 is 2.71 bits per heavy atom. The molecule has 3 nitrogen and oxygen atoms in total. The van der Waals surface area contributed by atoms with Crippen LogP contribution in [0, 0.1) is 5.82 Å². The maximum Gasteiger partial charge on any atom is 0.337 e. The minimum atomic E-state index is -0.744. The smallest absolute Gasteiger partial charge is 0.337 e. The van der Waals surface area contributed by atoms with Crippen LogP contribution in [0.15, 0.2) is 28.7 Å². The fourth-order valence-corrected chi connectivity index (χ4v) is 2.13. The predicted molar refractivity (Wildman–Crippen MR) is 64.6 cm³/mol. The maximum atomic E-state index is 13.3. The highest BCUT2D eigenvalue weighted by atomic mass is 79.9. The second-order valence-corrected chi connectivity index (χ2v) is 4.30. The molecule has 0 spiro atoms. The summed E-state index contributed by atoms with van der Waals surface area (Å²) in [6, 6.07) is 5.74. The second kappa shape index (κ2) is 4.33. The molecule has 0 amide bonds.